The monoisotopic (exact) mass is 350 g/mol. The van der Waals surface area contributed by atoms with Crippen LogP contribution >= 0.6 is 0 Å². The molecule has 2 saturated carbocycles. The molecule has 0 bridgehead atoms. The molecule has 0 radical (unpaired) electrons. The van der Waals surface area contributed by atoms with E-state index in [0.717, 1.165) is 42.4 Å². The maximum atomic E-state index is 12.7. The number of carbonyl (C=O) groups excluding carboxylic acids is 1. The van der Waals surface area contributed by atoms with Crippen LogP contribution in [0.4, 0.5) is 5.95 Å². The summed E-state index contributed by atoms with van der Waals surface area (Å²) in [4.78, 5) is 17.4. The Morgan fingerprint density at radius 2 is 1.92 bits per heavy atom. The van der Waals surface area contributed by atoms with Crippen molar-refractivity contribution in [1.29, 1.82) is 0 Å². The van der Waals surface area contributed by atoms with Crippen molar-refractivity contribution >= 4 is 22.9 Å². The summed E-state index contributed by atoms with van der Waals surface area (Å²) < 4.78 is 7.46. The minimum atomic E-state index is -0.281. The molecule has 26 heavy (non-hydrogen) atoms. The SMILES string of the molecule is O=C(Nc1nc2ccccc2n1C1CCCCC1)c1cc(C2CC2)no1. The number of para-hydroxylation sites is 2. The molecule has 2 aliphatic carbocycles. The number of fused-ring (bicyclic) bond motifs is 1. The summed E-state index contributed by atoms with van der Waals surface area (Å²) in [6.45, 7) is 0. The molecule has 6 heteroatoms. The Balaban J connectivity index is 1.47. The smallest absolute Gasteiger partial charge is 0.296 e. The van der Waals surface area contributed by atoms with Crippen molar-refractivity contribution in [2.45, 2.75) is 56.9 Å². The number of carbonyl (C=O) groups is 1. The van der Waals surface area contributed by atoms with Crippen LogP contribution in [0.2, 0.25) is 0 Å². The fourth-order valence-electron chi connectivity index (χ4n) is 3.97. The van der Waals surface area contributed by atoms with E-state index in [4.69, 9.17) is 4.52 Å². The van der Waals surface area contributed by atoms with Gasteiger partial charge in [0.2, 0.25) is 11.7 Å². The molecule has 1 N–H and O–H groups in total. The molecule has 2 aliphatic rings. The molecule has 2 heterocycles. The van der Waals surface area contributed by atoms with Crippen molar-refractivity contribution in [2.24, 2.45) is 0 Å². The molecule has 134 valence electrons. The number of rotatable bonds is 4. The number of benzene rings is 1. The summed E-state index contributed by atoms with van der Waals surface area (Å²) in [6, 6.07) is 10.2. The molecular formula is C20H22N4O2. The van der Waals surface area contributed by atoms with Crippen LogP contribution in [-0.2, 0) is 0 Å². The number of anilines is 1. The number of hydrogen-bond acceptors (Lipinski definition) is 4. The Morgan fingerprint density at radius 3 is 2.73 bits per heavy atom. The van der Waals surface area contributed by atoms with Gasteiger partial charge in [-0.05, 0) is 37.8 Å². The first kappa shape index (κ1) is 15.6. The fourth-order valence-corrected chi connectivity index (χ4v) is 3.97. The average Bonchev–Trinajstić information content (AvgIpc) is 3.28. The van der Waals surface area contributed by atoms with E-state index in [9.17, 15) is 4.79 Å². The molecule has 0 unspecified atom stereocenters. The maximum Gasteiger partial charge on any atom is 0.296 e. The normalized spacial score (nSPS) is 18.3. The number of aromatic nitrogens is 3. The third kappa shape index (κ3) is 2.79. The quantitative estimate of drug-likeness (QED) is 0.743. The van der Waals surface area contributed by atoms with Crippen LogP contribution in [0.1, 0.15) is 73.2 Å². The third-order valence-electron chi connectivity index (χ3n) is 5.51. The maximum absolute atomic E-state index is 12.7. The van der Waals surface area contributed by atoms with Gasteiger partial charge in [-0.2, -0.15) is 0 Å². The van der Waals surface area contributed by atoms with Gasteiger partial charge in [-0.25, -0.2) is 4.98 Å². The first-order valence-electron chi connectivity index (χ1n) is 9.54. The lowest BCUT2D eigenvalue weighted by atomic mass is 9.95. The number of amides is 1. The predicted octanol–water partition coefficient (Wildman–Crippen LogP) is 4.66. The molecule has 5 rings (SSSR count). The van der Waals surface area contributed by atoms with Gasteiger partial charge in [0.05, 0.1) is 16.7 Å². The van der Waals surface area contributed by atoms with Crippen LogP contribution in [0.25, 0.3) is 11.0 Å². The molecule has 0 spiro atoms. The first-order chi connectivity index (χ1) is 12.8. The van der Waals surface area contributed by atoms with Crippen molar-refractivity contribution in [3.05, 3.63) is 41.8 Å². The van der Waals surface area contributed by atoms with Gasteiger partial charge < -0.3 is 9.09 Å². The van der Waals surface area contributed by atoms with Crippen molar-refractivity contribution in [3.63, 3.8) is 0 Å². The van der Waals surface area contributed by atoms with Crippen molar-refractivity contribution < 1.29 is 9.32 Å². The molecule has 1 aromatic carbocycles. The third-order valence-corrected chi connectivity index (χ3v) is 5.51. The lowest BCUT2D eigenvalue weighted by Gasteiger charge is -2.25. The van der Waals surface area contributed by atoms with E-state index in [1.54, 1.807) is 6.07 Å². The van der Waals surface area contributed by atoms with E-state index in [1.807, 2.05) is 18.2 Å². The highest BCUT2D eigenvalue weighted by Gasteiger charge is 2.29. The highest BCUT2D eigenvalue weighted by molar-refractivity contribution is 6.02. The molecule has 2 fully saturated rings. The van der Waals surface area contributed by atoms with Crippen LogP contribution < -0.4 is 5.32 Å². The number of hydrogen-bond donors (Lipinski definition) is 1. The molecule has 3 aromatic rings. The predicted molar refractivity (Wildman–Crippen MR) is 98.3 cm³/mol. The van der Waals surface area contributed by atoms with Crippen LogP contribution in [0.5, 0.6) is 0 Å². The van der Waals surface area contributed by atoms with E-state index in [-0.39, 0.29) is 11.7 Å². The second-order valence-electron chi connectivity index (χ2n) is 7.43. The lowest BCUT2D eigenvalue weighted by molar-refractivity contribution is 0.0986. The van der Waals surface area contributed by atoms with E-state index in [2.05, 4.69) is 26.1 Å². The molecule has 2 aromatic heterocycles. The van der Waals surface area contributed by atoms with E-state index in [1.165, 1.54) is 19.3 Å². The highest BCUT2D eigenvalue weighted by atomic mass is 16.5. The second kappa shape index (κ2) is 6.27. The standard InChI is InChI=1S/C20H22N4O2/c25-19(18-12-16(23-26-18)13-10-11-13)22-20-21-15-8-4-5-9-17(15)24(20)14-6-2-1-3-7-14/h4-5,8-9,12-14H,1-3,6-7,10-11H2,(H,21,22,25). The summed E-state index contributed by atoms with van der Waals surface area (Å²) >= 11 is 0. The minimum Gasteiger partial charge on any atom is -0.351 e. The van der Waals surface area contributed by atoms with Gasteiger partial charge in [0, 0.05) is 18.0 Å². The van der Waals surface area contributed by atoms with Crippen LogP contribution in [0.3, 0.4) is 0 Å². The summed E-state index contributed by atoms with van der Waals surface area (Å²) in [5, 5.41) is 7.00. The highest BCUT2D eigenvalue weighted by Crippen LogP contribution is 2.39. The number of imidazole rings is 1. The Morgan fingerprint density at radius 1 is 1.12 bits per heavy atom. The van der Waals surface area contributed by atoms with Crippen LogP contribution in [0.15, 0.2) is 34.9 Å². The van der Waals surface area contributed by atoms with Gasteiger partial charge in [0.25, 0.3) is 5.91 Å². The van der Waals surface area contributed by atoms with Crippen molar-refractivity contribution in [2.75, 3.05) is 5.32 Å². The molecule has 0 aliphatic heterocycles. The Kier molecular flexibility index (Phi) is 3.76. The lowest BCUT2D eigenvalue weighted by Crippen LogP contribution is -2.19. The Bertz CT molecular complexity index is 948. The van der Waals surface area contributed by atoms with Gasteiger partial charge >= 0.3 is 0 Å². The molecule has 1 amide bonds. The van der Waals surface area contributed by atoms with Gasteiger partial charge in [-0.1, -0.05) is 36.6 Å². The van der Waals surface area contributed by atoms with Crippen LogP contribution in [0, 0.1) is 0 Å². The summed E-state index contributed by atoms with van der Waals surface area (Å²) in [7, 11) is 0. The van der Waals surface area contributed by atoms with E-state index >= 15 is 0 Å². The zero-order valence-corrected chi connectivity index (χ0v) is 14.6. The summed E-state index contributed by atoms with van der Waals surface area (Å²) in [5.41, 5.74) is 2.87. The molecule has 0 saturated heterocycles. The Hall–Kier alpha value is -2.63. The van der Waals surface area contributed by atoms with Crippen molar-refractivity contribution in [1.82, 2.24) is 14.7 Å². The minimum absolute atomic E-state index is 0.258. The molecule has 6 nitrogen and oxygen atoms in total. The first-order valence-corrected chi connectivity index (χ1v) is 9.54. The van der Waals surface area contributed by atoms with Gasteiger partial charge in [0.1, 0.15) is 0 Å². The fraction of sp³-hybridized carbons (Fsp3) is 0.450. The zero-order chi connectivity index (χ0) is 17.5. The average molecular weight is 350 g/mol. The molecular weight excluding hydrogens is 328 g/mol. The second-order valence-corrected chi connectivity index (χ2v) is 7.43. The summed E-state index contributed by atoms with van der Waals surface area (Å²) in [6.07, 6.45) is 8.23. The number of nitrogens with one attached hydrogen (secondary N) is 1. The zero-order valence-electron chi connectivity index (χ0n) is 14.6. The van der Waals surface area contributed by atoms with Crippen molar-refractivity contribution in [3.8, 4) is 0 Å². The largest absolute Gasteiger partial charge is 0.351 e. The van der Waals surface area contributed by atoms with E-state index in [0.29, 0.717) is 17.9 Å². The van der Waals surface area contributed by atoms with Gasteiger partial charge in [-0.3, -0.25) is 10.1 Å². The van der Waals surface area contributed by atoms with Crippen LogP contribution in [-0.4, -0.2) is 20.6 Å². The molecule has 0 atom stereocenters. The number of nitrogens with zero attached hydrogens (tertiary/aromatic N) is 3. The van der Waals surface area contributed by atoms with E-state index < -0.39 is 0 Å². The van der Waals surface area contributed by atoms with Gasteiger partial charge in [-0.15, -0.1) is 0 Å². The Labute approximate surface area is 151 Å². The topological polar surface area (TPSA) is 73.0 Å². The van der Waals surface area contributed by atoms with Gasteiger partial charge in [0.15, 0.2) is 0 Å². The summed E-state index contributed by atoms with van der Waals surface area (Å²) in [5.74, 6) is 1.05.